The fourth-order valence-electron chi connectivity index (χ4n) is 2.19. The first-order chi connectivity index (χ1) is 9.35. The standard InChI is InChI=1S/C17H28ClNO/c1-13-10-15(16(18)11-14(13)2)6-7-17(3,4)12-19-8-9-20-5/h10-11,19H,6-9,12H2,1-5H3. The zero-order chi connectivity index (χ0) is 15.2. The molecule has 0 unspecified atom stereocenters. The molecule has 2 nitrogen and oxygen atoms in total. The van der Waals surface area contributed by atoms with E-state index in [9.17, 15) is 0 Å². The molecule has 0 radical (unpaired) electrons. The molecule has 0 aliphatic rings. The Morgan fingerprint density at radius 1 is 1.20 bits per heavy atom. The SMILES string of the molecule is COCCNCC(C)(C)CCc1cc(C)c(C)cc1Cl. The molecule has 0 saturated carbocycles. The van der Waals surface area contributed by atoms with Crippen molar-refractivity contribution >= 4 is 11.6 Å². The minimum absolute atomic E-state index is 0.260. The van der Waals surface area contributed by atoms with Crippen LogP contribution in [0, 0.1) is 19.3 Å². The summed E-state index contributed by atoms with van der Waals surface area (Å²) in [6.07, 6.45) is 2.15. The van der Waals surface area contributed by atoms with Gasteiger partial charge in [-0.3, -0.25) is 0 Å². The van der Waals surface area contributed by atoms with E-state index < -0.39 is 0 Å². The van der Waals surface area contributed by atoms with Gasteiger partial charge in [0.2, 0.25) is 0 Å². The number of hydrogen-bond donors (Lipinski definition) is 1. The molecule has 1 rings (SSSR count). The molecule has 114 valence electrons. The minimum Gasteiger partial charge on any atom is -0.383 e. The second-order valence-electron chi connectivity index (χ2n) is 6.36. The molecule has 3 heteroatoms. The zero-order valence-electron chi connectivity index (χ0n) is 13.5. The third kappa shape index (κ3) is 5.82. The first-order valence-electron chi connectivity index (χ1n) is 7.31. The van der Waals surface area contributed by atoms with Crippen molar-refractivity contribution < 1.29 is 4.74 Å². The number of halogens is 1. The maximum absolute atomic E-state index is 6.34. The number of aryl methyl sites for hydroxylation is 3. The van der Waals surface area contributed by atoms with Crippen molar-refractivity contribution in [3.05, 3.63) is 33.8 Å². The van der Waals surface area contributed by atoms with Crippen LogP contribution in [-0.4, -0.2) is 26.8 Å². The maximum Gasteiger partial charge on any atom is 0.0587 e. The summed E-state index contributed by atoms with van der Waals surface area (Å²) in [5.74, 6) is 0. The zero-order valence-corrected chi connectivity index (χ0v) is 14.2. The highest BCUT2D eigenvalue weighted by atomic mass is 35.5. The highest BCUT2D eigenvalue weighted by Gasteiger charge is 2.18. The Morgan fingerprint density at radius 3 is 2.50 bits per heavy atom. The Labute approximate surface area is 128 Å². The number of nitrogens with one attached hydrogen (secondary N) is 1. The van der Waals surface area contributed by atoms with Crippen molar-refractivity contribution in [1.82, 2.24) is 5.32 Å². The van der Waals surface area contributed by atoms with Crippen LogP contribution in [0.2, 0.25) is 5.02 Å². The lowest BCUT2D eigenvalue weighted by Crippen LogP contribution is -2.32. The van der Waals surface area contributed by atoms with Gasteiger partial charge in [-0.1, -0.05) is 31.5 Å². The molecule has 0 amide bonds. The lowest BCUT2D eigenvalue weighted by molar-refractivity contribution is 0.193. The minimum atomic E-state index is 0.260. The quantitative estimate of drug-likeness (QED) is 0.728. The summed E-state index contributed by atoms with van der Waals surface area (Å²) in [6.45, 7) is 11.5. The van der Waals surface area contributed by atoms with Gasteiger partial charge in [0.05, 0.1) is 6.61 Å². The summed E-state index contributed by atoms with van der Waals surface area (Å²) in [7, 11) is 1.73. The molecule has 0 saturated heterocycles. The topological polar surface area (TPSA) is 21.3 Å². The van der Waals surface area contributed by atoms with Crippen LogP contribution < -0.4 is 5.32 Å². The van der Waals surface area contributed by atoms with Crippen molar-refractivity contribution in [2.75, 3.05) is 26.8 Å². The molecule has 1 aromatic rings. The molecule has 0 fully saturated rings. The number of rotatable bonds is 8. The Kier molecular flexibility index (Phi) is 7.01. The summed E-state index contributed by atoms with van der Waals surface area (Å²) in [5, 5.41) is 4.34. The fourth-order valence-corrected chi connectivity index (χ4v) is 2.51. The molecular weight excluding hydrogens is 270 g/mol. The summed E-state index contributed by atoms with van der Waals surface area (Å²) >= 11 is 6.34. The summed E-state index contributed by atoms with van der Waals surface area (Å²) < 4.78 is 5.05. The van der Waals surface area contributed by atoms with E-state index >= 15 is 0 Å². The maximum atomic E-state index is 6.34. The normalized spacial score (nSPS) is 11.9. The molecule has 0 spiro atoms. The predicted octanol–water partition coefficient (Wildman–Crippen LogP) is 4.15. The second kappa shape index (κ2) is 8.02. The fraction of sp³-hybridized carbons (Fsp3) is 0.647. The van der Waals surface area contributed by atoms with Gasteiger partial charge in [0.1, 0.15) is 0 Å². The number of methoxy groups -OCH3 is 1. The highest BCUT2D eigenvalue weighted by molar-refractivity contribution is 6.31. The number of benzene rings is 1. The predicted molar refractivity (Wildman–Crippen MR) is 87.8 cm³/mol. The molecule has 0 aromatic heterocycles. The Balaban J connectivity index is 2.51. The lowest BCUT2D eigenvalue weighted by Gasteiger charge is -2.25. The van der Waals surface area contributed by atoms with Crippen LogP contribution in [-0.2, 0) is 11.2 Å². The van der Waals surface area contributed by atoms with Crippen LogP contribution >= 0.6 is 11.6 Å². The Bertz CT molecular complexity index is 429. The third-order valence-corrected chi connectivity index (χ3v) is 4.17. The van der Waals surface area contributed by atoms with Crippen molar-refractivity contribution in [2.45, 2.75) is 40.5 Å². The summed E-state index contributed by atoms with van der Waals surface area (Å²) in [5.41, 5.74) is 4.11. The monoisotopic (exact) mass is 297 g/mol. The van der Waals surface area contributed by atoms with Crippen LogP contribution in [0.4, 0.5) is 0 Å². The molecule has 0 aliphatic carbocycles. The van der Waals surface area contributed by atoms with Gasteiger partial charge in [0.25, 0.3) is 0 Å². The molecule has 0 aliphatic heterocycles. The summed E-state index contributed by atoms with van der Waals surface area (Å²) in [6, 6.07) is 4.31. The van der Waals surface area contributed by atoms with Gasteiger partial charge in [0.15, 0.2) is 0 Å². The number of ether oxygens (including phenoxy) is 1. The van der Waals surface area contributed by atoms with Gasteiger partial charge < -0.3 is 10.1 Å². The average Bonchev–Trinajstić information content (AvgIpc) is 2.37. The van der Waals surface area contributed by atoms with Crippen LogP contribution in [0.15, 0.2) is 12.1 Å². The first kappa shape index (κ1) is 17.5. The van der Waals surface area contributed by atoms with Gasteiger partial charge in [-0.25, -0.2) is 0 Å². The van der Waals surface area contributed by atoms with Crippen LogP contribution in [0.3, 0.4) is 0 Å². The number of hydrogen-bond acceptors (Lipinski definition) is 2. The molecule has 20 heavy (non-hydrogen) atoms. The molecule has 1 N–H and O–H groups in total. The van der Waals surface area contributed by atoms with Gasteiger partial charge in [-0.05, 0) is 54.9 Å². The van der Waals surface area contributed by atoms with Crippen molar-refractivity contribution in [2.24, 2.45) is 5.41 Å². The highest BCUT2D eigenvalue weighted by Crippen LogP contribution is 2.27. The van der Waals surface area contributed by atoms with Gasteiger partial charge in [0, 0.05) is 25.2 Å². The smallest absolute Gasteiger partial charge is 0.0587 e. The molecule has 0 bridgehead atoms. The first-order valence-corrected chi connectivity index (χ1v) is 7.69. The molecule has 1 aromatic carbocycles. The van der Waals surface area contributed by atoms with Crippen molar-refractivity contribution in [3.63, 3.8) is 0 Å². The van der Waals surface area contributed by atoms with Crippen molar-refractivity contribution in [3.8, 4) is 0 Å². The van der Waals surface area contributed by atoms with Gasteiger partial charge in [-0.15, -0.1) is 0 Å². The van der Waals surface area contributed by atoms with Gasteiger partial charge in [-0.2, -0.15) is 0 Å². The van der Waals surface area contributed by atoms with E-state index in [1.54, 1.807) is 7.11 Å². The van der Waals surface area contributed by atoms with E-state index in [1.165, 1.54) is 16.7 Å². The summed E-state index contributed by atoms with van der Waals surface area (Å²) in [4.78, 5) is 0. The van der Waals surface area contributed by atoms with E-state index in [0.29, 0.717) is 0 Å². The van der Waals surface area contributed by atoms with E-state index in [2.05, 4.69) is 45.1 Å². The average molecular weight is 298 g/mol. The van der Waals surface area contributed by atoms with Crippen LogP contribution in [0.5, 0.6) is 0 Å². The molecular formula is C17H28ClNO. The van der Waals surface area contributed by atoms with Gasteiger partial charge >= 0.3 is 0 Å². The third-order valence-electron chi connectivity index (χ3n) is 3.82. The van der Waals surface area contributed by atoms with E-state index in [1.807, 2.05) is 0 Å². The Hall–Kier alpha value is -0.570. The second-order valence-corrected chi connectivity index (χ2v) is 6.77. The molecule has 0 atom stereocenters. The van der Waals surface area contributed by atoms with E-state index in [-0.39, 0.29) is 5.41 Å². The van der Waals surface area contributed by atoms with E-state index in [4.69, 9.17) is 16.3 Å². The van der Waals surface area contributed by atoms with Crippen molar-refractivity contribution in [1.29, 1.82) is 0 Å². The molecule has 0 heterocycles. The van der Waals surface area contributed by atoms with Crippen LogP contribution in [0.1, 0.15) is 37.0 Å². The Morgan fingerprint density at radius 2 is 1.85 bits per heavy atom. The van der Waals surface area contributed by atoms with Crippen LogP contribution in [0.25, 0.3) is 0 Å². The lowest BCUT2D eigenvalue weighted by atomic mass is 9.85. The van der Waals surface area contributed by atoms with E-state index in [0.717, 1.165) is 37.6 Å². The largest absolute Gasteiger partial charge is 0.383 e.